The fourth-order valence-electron chi connectivity index (χ4n) is 1.43. The van der Waals surface area contributed by atoms with Crippen molar-refractivity contribution in [2.45, 2.75) is 17.4 Å². The van der Waals surface area contributed by atoms with E-state index in [9.17, 15) is 14.4 Å². The number of methoxy groups -OCH3 is 1. The number of amides is 1. The van der Waals surface area contributed by atoms with E-state index in [1.54, 1.807) is 31.4 Å². The van der Waals surface area contributed by atoms with Gasteiger partial charge in [0, 0.05) is 4.90 Å². The van der Waals surface area contributed by atoms with E-state index < -0.39 is 30.3 Å². The lowest BCUT2D eigenvalue weighted by Gasteiger charge is -2.12. The van der Waals surface area contributed by atoms with Gasteiger partial charge in [0.2, 0.25) is 5.91 Å². The first-order valence-corrected chi connectivity index (χ1v) is 6.91. The zero-order valence-corrected chi connectivity index (χ0v) is 12.1. The smallest absolute Gasteiger partial charge is 0.326 e. The van der Waals surface area contributed by atoms with Crippen LogP contribution in [0.3, 0.4) is 0 Å². The molecule has 3 N–H and O–H groups in total. The van der Waals surface area contributed by atoms with Crippen molar-refractivity contribution in [2.75, 3.05) is 12.9 Å². The van der Waals surface area contributed by atoms with E-state index in [1.807, 2.05) is 0 Å². The minimum Gasteiger partial charge on any atom is -0.497 e. The van der Waals surface area contributed by atoms with E-state index in [0.29, 0.717) is 5.75 Å². The molecule has 1 aromatic carbocycles. The average molecular weight is 313 g/mol. The zero-order valence-electron chi connectivity index (χ0n) is 11.2. The predicted molar refractivity (Wildman–Crippen MR) is 75.5 cm³/mol. The molecule has 1 unspecified atom stereocenters. The Morgan fingerprint density at radius 3 is 2.33 bits per heavy atom. The second-order valence-corrected chi connectivity index (χ2v) is 5.07. The van der Waals surface area contributed by atoms with Crippen molar-refractivity contribution >= 4 is 29.6 Å². The molecule has 0 spiro atoms. The molecule has 0 heterocycles. The van der Waals surface area contributed by atoms with Crippen molar-refractivity contribution in [2.24, 2.45) is 0 Å². The van der Waals surface area contributed by atoms with E-state index in [1.165, 1.54) is 11.8 Å². The van der Waals surface area contributed by atoms with Crippen LogP contribution in [0.25, 0.3) is 0 Å². The summed E-state index contributed by atoms with van der Waals surface area (Å²) in [6.07, 6.45) is -0.658. The molecule has 0 aliphatic carbocycles. The lowest BCUT2D eigenvalue weighted by atomic mass is 10.2. The molecule has 0 aromatic heterocycles. The van der Waals surface area contributed by atoms with Crippen LogP contribution in [0, 0.1) is 0 Å². The molecule has 1 aromatic rings. The van der Waals surface area contributed by atoms with Gasteiger partial charge in [0.25, 0.3) is 0 Å². The molecular weight excluding hydrogens is 298 g/mol. The zero-order chi connectivity index (χ0) is 15.8. The van der Waals surface area contributed by atoms with Crippen molar-refractivity contribution in [3.8, 4) is 5.75 Å². The lowest BCUT2D eigenvalue weighted by Crippen LogP contribution is -2.43. The van der Waals surface area contributed by atoms with Crippen molar-refractivity contribution in [3.05, 3.63) is 24.3 Å². The monoisotopic (exact) mass is 313 g/mol. The first-order chi connectivity index (χ1) is 9.92. The van der Waals surface area contributed by atoms with Crippen LogP contribution in [0.4, 0.5) is 0 Å². The summed E-state index contributed by atoms with van der Waals surface area (Å²) >= 11 is 1.21. The van der Waals surface area contributed by atoms with Crippen molar-refractivity contribution in [1.82, 2.24) is 5.32 Å². The Hall–Kier alpha value is -2.22. The number of hydrogen-bond acceptors (Lipinski definition) is 5. The highest BCUT2D eigenvalue weighted by Crippen LogP contribution is 2.20. The number of carbonyl (C=O) groups is 3. The third-order valence-electron chi connectivity index (χ3n) is 2.44. The lowest BCUT2D eigenvalue weighted by molar-refractivity contribution is -0.147. The maximum absolute atomic E-state index is 11.6. The minimum absolute atomic E-state index is 0.00424. The molecule has 0 aliphatic heterocycles. The number of benzene rings is 1. The Bertz CT molecular complexity index is 516. The Morgan fingerprint density at radius 2 is 1.86 bits per heavy atom. The van der Waals surface area contributed by atoms with Gasteiger partial charge < -0.3 is 20.3 Å². The third kappa shape index (κ3) is 6.17. The minimum atomic E-state index is -1.42. The molecule has 0 aliphatic rings. The quantitative estimate of drug-likeness (QED) is 0.609. The Kier molecular flexibility index (Phi) is 6.54. The van der Waals surface area contributed by atoms with Gasteiger partial charge in [-0.1, -0.05) is 0 Å². The molecule has 0 fully saturated rings. The normalized spacial score (nSPS) is 11.5. The molecule has 114 valence electrons. The third-order valence-corrected chi connectivity index (χ3v) is 3.45. The molecule has 1 atom stereocenters. The van der Waals surface area contributed by atoms with Crippen LogP contribution >= 0.6 is 11.8 Å². The van der Waals surface area contributed by atoms with E-state index in [0.717, 1.165) is 4.90 Å². The highest BCUT2D eigenvalue weighted by molar-refractivity contribution is 8.00. The van der Waals surface area contributed by atoms with Crippen LogP contribution in [-0.2, 0) is 14.4 Å². The molecule has 21 heavy (non-hydrogen) atoms. The van der Waals surface area contributed by atoms with E-state index in [4.69, 9.17) is 14.9 Å². The van der Waals surface area contributed by atoms with Gasteiger partial charge in [-0.25, -0.2) is 4.79 Å². The topological polar surface area (TPSA) is 113 Å². The van der Waals surface area contributed by atoms with Gasteiger partial charge in [0.1, 0.15) is 11.8 Å². The molecular formula is C13H15NO6S. The van der Waals surface area contributed by atoms with Gasteiger partial charge in [0.15, 0.2) is 0 Å². The van der Waals surface area contributed by atoms with Gasteiger partial charge in [0.05, 0.1) is 19.3 Å². The van der Waals surface area contributed by atoms with E-state index in [2.05, 4.69) is 5.32 Å². The van der Waals surface area contributed by atoms with Crippen LogP contribution in [0.15, 0.2) is 29.2 Å². The Balaban J connectivity index is 2.48. The number of carboxylic acid groups (broad SMARTS) is 2. The Morgan fingerprint density at radius 1 is 1.24 bits per heavy atom. The summed E-state index contributed by atoms with van der Waals surface area (Å²) in [4.78, 5) is 33.8. The standard InChI is InChI=1S/C13H15NO6S/c1-20-8-2-4-9(5-3-8)21-7-11(15)14-10(13(18)19)6-12(16)17/h2-5,10H,6-7H2,1H3,(H,14,15)(H,16,17)(H,18,19). The summed E-state index contributed by atoms with van der Waals surface area (Å²) in [5.41, 5.74) is 0. The van der Waals surface area contributed by atoms with Gasteiger partial charge >= 0.3 is 11.9 Å². The maximum atomic E-state index is 11.6. The number of rotatable bonds is 8. The van der Waals surface area contributed by atoms with Crippen LogP contribution in [0.1, 0.15) is 6.42 Å². The summed E-state index contributed by atoms with van der Waals surface area (Å²) in [5.74, 6) is -2.51. The van der Waals surface area contributed by atoms with Crippen LogP contribution in [0.5, 0.6) is 5.75 Å². The average Bonchev–Trinajstić information content (AvgIpc) is 2.44. The second kappa shape index (κ2) is 8.15. The molecule has 0 radical (unpaired) electrons. The maximum Gasteiger partial charge on any atom is 0.326 e. The Labute approximate surface area is 125 Å². The van der Waals surface area contributed by atoms with Crippen molar-refractivity contribution in [1.29, 1.82) is 0 Å². The number of hydrogen-bond donors (Lipinski definition) is 3. The predicted octanol–water partition coefficient (Wildman–Crippen LogP) is 0.831. The fraction of sp³-hybridized carbons (Fsp3) is 0.308. The molecule has 1 rings (SSSR count). The summed E-state index contributed by atoms with van der Waals surface area (Å²) in [5, 5.41) is 19.6. The second-order valence-electron chi connectivity index (χ2n) is 4.02. The summed E-state index contributed by atoms with van der Waals surface area (Å²) in [7, 11) is 1.55. The number of aliphatic carboxylic acids is 2. The van der Waals surface area contributed by atoms with Gasteiger partial charge in [-0.3, -0.25) is 9.59 Å². The van der Waals surface area contributed by atoms with Crippen molar-refractivity contribution in [3.63, 3.8) is 0 Å². The molecule has 0 saturated carbocycles. The van der Waals surface area contributed by atoms with E-state index >= 15 is 0 Å². The number of thioether (sulfide) groups is 1. The number of nitrogens with one attached hydrogen (secondary N) is 1. The highest BCUT2D eigenvalue weighted by atomic mass is 32.2. The number of carbonyl (C=O) groups excluding carboxylic acids is 1. The highest BCUT2D eigenvalue weighted by Gasteiger charge is 2.22. The van der Waals surface area contributed by atoms with Crippen LogP contribution in [-0.4, -0.2) is 47.0 Å². The summed E-state index contributed by atoms with van der Waals surface area (Å²) in [6, 6.07) is 5.59. The summed E-state index contributed by atoms with van der Waals surface area (Å²) in [6.45, 7) is 0. The molecule has 8 heteroatoms. The van der Waals surface area contributed by atoms with Gasteiger partial charge in [-0.2, -0.15) is 0 Å². The number of carboxylic acids is 2. The van der Waals surface area contributed by atoms with Crippen LogP contribution < -0.4 is 10.1 Å². The van der Waals surface area contributed by atoms with Crippen molar-refractivity contribution < 1.29 is 29.3 Å². The molecule has 7 nitrogen and oxygen atoms in total. The van der Waals surface area contributed by atoms with Crippen LogP contribution in [0.2, 0.25) is 0 Å². The van der Waals surface area contributed by atoms with Gasteiger partial charge in [-0.05, 0) is 24.3 Å². The van der Waals surface area contributed by atoms with E-state index in [-0.39, 0.29) is 5.75 Å². The summed E-state index contributed by atoms with van der Waals surface area (Å²) < 4.78 is 5.00. The SMILES string of the molecule is COc1ccc(SCC(=O)NC(CC(=O)O)C(=O)O)cc1. The fourth-order valence-corrected chi connectivity index (χ4v) is 2.14. The largest absolute Gasteiger partial charge is 0.497 e. The molecule has 0 saturated heterocycles. The molecule has 0 bridgehead atoms. The number of ether oxygens (including phenoxy) is 1. The van der Waals surface area contributed by atoms with Gasteiger partial charge in [-0.15, -0.1) is 11.8 Å². The molecule has 1 amide bonds. The first-order valence-electron chi connectivity index (χ1n) is 5.93. The first kappa shape index (κ1) is 16.8.